The zero-order valence-electron chi connectivity index (χ0n) is 10.7. The van der Waals surface area contributed by atoms with Gasteiger partial charge >= 0.3 is 0 Å². The molecule has 1 aliphatic rings. The Kier molecular flexibility index (Phi) is 3.31. The first-order valence-electron chi connectivity index (χ1n) is 6.00. The molecule has 1 saturated heterocycles. The van der Waals surface area contributed by atoms with E-state index >= 15 is 0 Å². The molecule has 1 amide bonds. The molecule has 1 aromatic heterocycles. The average Bonchev–Trinajstić information content (AvgIpc) is 2.78. The summed E-state index contributed by atoms with van der Waals surface area (Å²) < 4.78 is 0. The second-order valence-electron chi connectivity index (χ2n) is 4.71. The molecule has 4 heteroatoms. The fourth-order valence-electron chi connectivity index (χ4n) is 2.38. The number of hydrogen-bond donors (Lipinski definition) is 0. The van der Waals surface area contributed by atoms with Gasteiger partial charge in [-0.2, -0.15) is 0 Å². The molecule has 92 valence electrons. The van der Waals surface area contributed by atoms with E-state index in [1.54, 1.807) is 6.92 Å². The van der Waals surface area contributed by atoms with Crippen LogP contribution in [0.5, 0.6) is 0 Å². The Morgan fingerprint density at radius 2 is 2.29 bits per heavy atom. The van der Waals surface area contributed by atoms with Gasteiger partial charge in [-0.15, -0.1) is 0 Å². The Balaban J connectivity index is 2.27. The van der Waals surface area contributed by atoms with E-state index < -0.39 is 0 Å². The Hall–Kier alpha value is -1.58. The first-order valence-corrected chi connectivity index (χ1v) is 6.00. The fraction of sp³-hybridized carbons (Fsp3) is 0.538. The van der Waals surface area contributed by atoms with Crippen LogP contribution in [0.1, 0.15) is 31.4 Å². The Labute approximate surface area is 102 Å². The molecular weight excluding hydrogens is 214 g/mol. The normalized spacial score (nSPS) is 19.5. The van der Waals surface area contributed by atoms with Crippen LogP contribution >= 0.6 is 0 Å². The third-order valence-electron chi connectivity index (χ3n) is 3.27. The number of anilines is 1. The molecule has 1 fully saturated rings. The van der Waals surface area contributed by atoms with Crippen LogP contribution in [0.2, 0.25) is 0 Å². The van der Waals surface area contributed by atoms with Gasteiger partial charge in [0, 0.05) is 33.8 Å². The van der Waals surface area contributed by atoms with E-state index in [-0.39, 0.29) is 11.9 Å². The van der Waals surface area contributed by atoms with Gasteiger partial charge in [0.05, 0.1) is 6.04 Å². The number of carbonyl (C=O) groups excluding carboxylic acids is 1. The van der Waals surface area contributed by atoms with Crippen molar-refractivity contribution in [2.45, 2.75) is 25.8 Å². The van der Waals surface area contributed by atoms with Gasteiger partial charge < -0.3 is 9.80 Å². The average molecular weight is 233 g/mol. The van der Waals surface area contributed by atoms with Crippen LogP contribution in [0.25, 0.3) is 0 Å². The topological polar surface area (TPSA) is 36.4 Å². The van der Waals surface area contributed by atoms with Crippen molar-refractivity contribution in [2.75, 3.05) is 25.5 Å². The molecule has 4 nitrogen and oxygen atoms in total. The van der Waals surface area contributed by atoms with Gasteiger partial charge in [0.2, 0.25) is 5.91 Å². The standard InChI is InChI=1S/C13H19N3O/c1-10(17)16-8-4-5-12(16)11-6-7-14-13(9-11)15(2)3/h6-7,9,12H,4-5,8H2,1-3H3. The zero-order valence-corrected chi connectivity index (χ0v) is 10.7. The van der Waals surface area contributed by atoms with Crippen molar-refractivity contribution < 1.29 is 4.79 Å². The number of aromatic nitrogens is 1. The minimum atomic E-state index is 0.163. The summed E-state index contributed by atoms with van der Waals surface area (Å²) in [5.74, 6) is 1.11. The number of likely N-dealkylation sites (tertiary alicyclic amines) is 1. The molecule has 17 heavy (non-hydrogen) atoms. The Morgan fingerprint density at radius 3 is 2.94 bits per heavy atom. The Bertz CT molecular complexity index is 417. The van der Waals surface area contributed by atoms with Crippen molar-refractivity contribution in [1.82, 2.24) is 9.88 Å². The molecule has 1 unspecified atom stereocenters. The van der Waals surface area contributed by atoms with E-state index in [9.17, 15) is 4.79 Å². The molecule has 2 rings (SSSR count). The van der Waals surface area contributed by atoms with Gasteiger partial charge in [0.25, 0.3) is 0 Å². The van der Waals surface area contributed by atoms with E-state index in [0.29, 0.717) is 0 Å². The van der Waals surface area contributed by atoms with E-state index in [1.807, 2.05) is 36.2 Å². The van der Waals surface area contributed by atoms with Crippen LogP contribution in [0.15, 0.2) is 18.3 Å². The van der Waals surface area contributed by atoms with Crippen LogP contribution in [0.3, 0.4) is 0 Å². The molecule has 0 aliphatic carbocycles. The van der Waals surface area contributed by atoms with Crippen molar-refractivity contribution in [3.8, 4) is 0 Å². The number of rotatable bonds is 2. The fourth-order valence-corrected chi connectivity index (χ4v) is 2.38. The van der Waals surface area contributed by atoms with Gasteiger partial charge in [-0.3, -0.25) is 4.79 Å². The summed E-state index contributed by atoms with van der Waals surface area (Å²) in [6.45, 7) is 2.52. The summed E-state index contributed by atoms with van der Waals surface area (Å²) in [5, 5.41) is 0. The summed E-state index contributed by atoms with van der Waals surface area (Å²) in [5.41, 5.74) is 1.19. The largest absolute Gasteiger partial charge is 0.363 e. The maximum Gasteiger partial charge on any atom is 0.219 e. The summed E-state index contributed by atoms with van der Waals surface area (Å²) in [4.78, 5) is 19.8. The van der Waals surface area contributed by atoms with Gasteiger partial charge in [-0.1, -0.05) is 0 Å². The van der Waals surface area contributed by atoms with Crippen molar-refractivity contribution in [1.29, 1.82) is 0 Å². The van der Waals surface area contributed by atoms with Gasteiger partial charge in [-0.25, -0.2) is 4.98 Å². The molecule has 1 aromatic rings. The Morgan fingerprint density at radius 1 is 1.53 bits per heavy atom. The number of nitrogens with zero attached hydrogens (tertiary/aromatic N) is 3. The maximum absolute atomic E-state index is 11.5. The SMILES string of the molecule is CC(=O)N1CCCC1c1ccnc(N(C)C)c1. The van der Waals surface area contributed by atoms with Crippen LogP contribution in [0.4, 0.5) is 5.82 Å². The van der Waals surface area contributed by atoms with Crippen molar-refractivity contribution in [3.05, 3.63) is 23.9 Å². The first-order chi connectivity index (χ1) is 8.09. The minimum absolute atomic E-state index is 0.163. The first kappa shape index (κ1) is 11.9. The summed E-state index contributed by atoms with van der Waals surface area (Å²) in [7, 11) is 3.95. The second-order valence-corrected chi connectivity index (χ2v) is 4.71. The highest BCUT2D eigenvalue weighted by molar-refractivity contribution is 5.74. The van der Waals surface area contributed by atoms with Gasteiger partial charge in [0.1, 0.15) is 5.82 Å². The lowest BCUT2D eigenvalue weighted by Gasteiger charge is -2.24. The molecule has 1 atom stereocenters. The lowest BCUT2D eigenvalue weighted by molar-refractivity contribution is -0.129. The van der Waals surface area contributed by atoms with Gasteiger partial charge in [-0.05, 0) is 30.5 Å². The highest BCUT2D eigenvalue weighted by Crippen LogP contribution is 2.32. The van der Waals surface area contributed by atoms with Crippen LogP contribution in [-0.4, -0.2) is 36.4 Å². The van der Waals surface area contributed by atoms with E-state index in [0.717, 1.165) is 25.2 Å². The number of hydrogen-bond acceptors (Lipinski definition) is 3. The predicted molar refractivity (Wildman–Crippen MR) is 67.9 cm³/mol. The highest BCUT2D eigenvalue weighted by Gasteiger charge is 2.27. The molecule has 0 radical (unpaired) electrons. The van der Waals surface area contributed by atoms with Crippen LogP contribution < -0.4 is 4.90 Å². The molecular formula is C13H19N3O. The third-order valence-corrected chi connectivity index (χ3v) is 3.27. The lowest BCUT2D eigenvalue weighted by atomic mass is 10.1. The van der Waals surface area contributed by atoms with Crippen molar-refractivity contribution >= 4 is 11.7 Å². The molecule has 0 spiro atoms. The quantitative estimate of drug-likeness (QED) is 0.782. The van der Waals surface area contributed by atoms with E-state index in [4.69, 9.17) is 0 Å². The summed E-state index contributed by atoms with van der Waals surface area (Å²) in [6, 6.07) is 4.32. The number of amides is 1. The number of carbonyl (C=O) groups is 1. The second kappa shape index (κ2) is 4.73. The van der Waals surface area contributed by atoms with E-state index in [1.165, 1.54) is 5.56 Å². The minimum Gasteiger partial charge on any atom is -0.363 e. The smallest absolute Gasteiger partial charge is 0.219 e. The highest BCUT2D eigenvalue weighted by atomic mass is 16.2. The molecule has 0 saturated carbocycles. The molecule has 0 bridgehead atoms. The van der Waals surface area contributed by atoms with Gasteiger partial charge in [0.15, 0.2) is 0 Å². The zero-order chi connectivity index (χ0) is 12.4. The summed E-state index contributed by atoms with van der Waals surface area (Å²) >= 11 is 0. The van der Waals surface area contributed by atoms with Crippen molar-refractivity contribution in [3.63, 3.8) is 0 Å². The predicted octanol–water partition coefficient (Wildman–Crippen LogP) is 1.83. The molecule has 2 heterocycles. The molecule has 0 aromatic carbocycles. The molecule has 1 aliphatic heterocycles. The van der Waals surface area contributed by atoms with Crippen molar-refractivity contribution in [2.24, 2.45) is 0 Å². The van der Waals surface area contributed by atoms with Crippen LogP contribution in [-0.2, 0) is 4.79 Å². The number of pyridine rings is 1. The summed E-state index contributed by atoms with van der Waals surface area (Å²) in [6.07, 6.45) is 3.96. The monoisotopic (exact) mass is 233 g/mol. The molecule has 0 N–H and O–H groups in total. The maximum atomic E-state index is 11.5. The third kappa shape index (κ3) is 2.40. The lowest BCUT2D eigenvalue weighted by Crippen LogP contribution is -2.28. The van der Waals surface area contributed by atoms with E-state index in [2.05, 4.69) is 11.1 Å². The van der Waals surface area contributed by atoms with Crippen LogP contribution in [0, 0.1) is 0 Å².